The average molecular weight is 332 g/mol. The molecule has 0 bridgehead atoms. The highest BCUT2D eigenvalue weighted by atomic mass is 35.5. The summed E-state index contributed by atoms with van der Waals surface area (Å²) >= 11 is 5.60. The van der Waals surface area contributed by atoms with E-state index in [0.717, 1.165) is 25.8 Å². The van der Waals surface area contributed by atoms with E-state index in [-0.39, 0.29) is 17.5 Å². The second-order valence-corrected chi connectivity index (χ2v) is 5.97. The first-order valence-corrected chi connectivity index (χ1v) is 8.16. The van der Waals surface area contributed by atoms with Gasteiger partial charge in [-0.3, -0.25) is 9.69 Å². The lowest BCUT2D eigenvalue weighted by atomic mass is 10.1. The molecule has 1 heterocycles. The van der Waals surface area contributed by atoms with Crippen molar-refractivity contribution in [1.29, 1.82) is 0 Å². The van der Waals surface area contributed by atoms with E-state index in [1.807, 2.05) is 0 Å². The van der Waals surface area contributed by atoms with Crippen LogP contribution in [0.5, 0.6) is 0 Å². The zero-order valence-corrected chi connectivity index (χ0v) is 13.7. The number of hydrogen-bond acceptors (Lipinski definition) is 3. The lowest BCUT2D eigenvalue weighted by Crippen LogP contribution is -2.34. The normalized spacial score (nSPS) is 18.7. The van der Waals surface area contributed by atoms with Crippen molar-refractivity contribution >= 4 is 32.4 Å². The van der Waals surface area contributed by atoms with E-state index in [4.69, 9.17) is 11.6 Å². The highest BCUT2D eigenvalue weighted by Gasteiger charge is 2.21. The Morgan fingerprint density at radius 2 is 2.33 bits per heavy atom. The molecule has 1 amide bonds. The standard InChI is InChI=1S/C14H20ClFN3OP/c15-12-2-1-11(5-13(12)16)17-7-14(20)18-6-10-3-4-19(8-10)9-21/h1-2,5,10,17H,3-4,6-9,21H2,(H,18,20). The summed E-state index contributed by atoms with van der Waals surface area (Å²) in [7, 11) is 2.72. The number of halogens is 2. The predicted octanol–water partition coefficient (Wildman–Crippen LogP) is 2.16. The molecule has 0 aliphatic carbocycles. The fourth-order valence-corrected chi connectivity index (χ4v) is 2.80. The zero-order valence-electron chi connectivity index (χ0n) is 11.7. The summed E-state index contributed by atoms with van der Waals surface area (Å²) in [6.07, 6.45) is 2.10. The van der Waals surface area contributed by atoms with Crippen molar-refractivity contribution in [2.75, 3.05) is 37.8 Å². The second-order valence-electron chi connectivity index (χ2n) is 5.20. The molecule has 0 saturated carbocycles. The molecular weight excluding hydrogens is 312 g/mol. The number of rotatable bonds is 6. The Kier molecular flexibility index (Phi) is 6.22. The third-order valence-corrected chi connectivity index (χ3v) is 4.41. The number of carbonyl (C=O) groups excluding carboxylic acids is 1. The van der Waals surface area contributed by atoms with Gasteiger partial charge in [0.1, 0.15) is 5.82 Å². The van der Waals surface area contributed by atoms with E-state index >= 15 is 0 Å². The molecule has 0 radical (unpaired) electrons. The monoisotopic (exact) mass is 331 g/mol. The number of benzene rings is 1. The first-order valence-electron chi connectivity index (χ1n) is 6.96. The fraction of sp³-hybridized carbons (Fsp3) is 0.500. The molecule has 1 saturated heterocycles. The van der Waals surface area contributed by atoms with Crippen LogP contribution in [0.3, 0.4) is 0 Å². The summed E-state index contributed by atoms with van der Waals surface area (Å²) in [6.45, 7) is 2.93. The summed E-state index contributed by atoms with van der Waals surface area (Å²) in [5.41, 5.74) is 0.544. The molecule has 1 aliphatic rings. The maximum absolute atomic E-state index is 13.2. The molecule has 1 aliphatic heterocycles. The largest absolute Gasteiger partial charge is 0.376 e. The van der Waals surface area contributed by atoms with Crippen molar-refractivity contribution in [2.24, 2.45) is 5.92 Å². The Labute approximate surface area is 131 Å². The van der Waals surface area contributed by atoms with Gasteiger partial charge in [0, 0.05) is 25.1 Å². The number of nitrogens with one attached hydrogen (secondary N) is 2. The topological polar surface area (TPSA) is 44.4 Å². The Hall–Kier alpha value is -0.900. The van der Waals surface area contributed by atoms with Crippen molar-refractivity contribution in [3.63, 3.8) is 0 Å². The Morgan fingerprint density at radius 3 is 3.00 bits per heavy atom. The maximum Gasteiger partial charge on any atom is 0.239 e. The minimum Gasteiger partial charge on any atom is -0.376 e. The molecule has 116 valence electrons. The van der Waals surface area contributed by atoms with E-state index in [2.05, 4.69) is 24.8 Å². The molecular formula is C14H20ClFN3OP. The van der Waals surface area contributed by atoms with Crippen LogP contribution in [0.25, 0.3) is 0 Å². The van der Waals surface area contributed by atoms with E-state index < -0.39 is 5.82 Å². The van der Waals surface area contributed by atoms with Gasteiger partial charge < -0.3 is 10.6 Å². The van der Waals surface area contributed by atoms with Gasteiger partial charge in [-0.1, -0.05) is 11.6 Å². The van der Waals surface area contributed by atoms with Crippen LogP contribution in [0.1, 0.15) is 6.42 Å². The Balaban J connectivity index is 1.69. The van der Waals surface area contributed by atoms with Crippen molar-refractivity contribution in [3.05, 3.63) is 29.0 Å². The lowest BCUT2D eigenvalue weighted by molar-refractivity contribution is -0.119. The Morgan fingerprint density at radius 1 is 1.52 bits per heavy atom. The molecule has 2 atom stereocenters. The lowest BCUT2D eigenvalue weighted by Gasteiger charge is -2.14. The van der Waals surface area contributed by atoms with Gasteiger partial charge in [0.15, 0.2) is 0 Å². The summed E-state index contributed by atoms with van der Waals surface area (Å²) in [5.74, 6) is -0.0669. The molecule has 7 heteroatoms. The smallest absolute Gasteiger partial charge is 0.239 e. The van der Waals surface area contributed by atoms with Gasteiger partial charge in [0.2, 0.25) is 5.91 Å². The highest BCUT2D eigenvalue weighted by molar-refractivity contribution is 7.16. The molecule has 2 unspecified atom stereocenters. The second kappa shape index (κ2) is 7.92. The fourth-order valence-electron chi connectivity index (χ4n) is 2.35. The number of anilines is 1. The average Bonchev–Trinajstić information content (AvgIpc) is 2.94. The van der Waals surface area contributed by atoms with Crippen LogP contribution >= 0.6 is 20.8 Å². The third-order valence-electron chi connectivity index (χ3n) is 3.59. The van der Waals surface area contributed by atoms with Crippen LogP contribution in [0.2, 0.25) is 5.02 Å². The van der Waals surface area contributed by atoms with Crippen LogP contribution in [0.4, 0.5) is 10.1 Å². The zero-order chi connectivity index (χ0) is 15.2. The van der Waals surface area contributed by atoms with Crippen molar-refractivity contribution in [2.45, 2.75) is 6.42 Å². The molecule has 2 rings (SSSR count). The summed E-state index contributed by atoms with van der Waals surface area (Å²) in [6, 6.07) is 4.39. The molecule has 1 fully saturated rings. The van der Waals surface area contributed by atoms with Crippen LogP contribution in [0.15, 0.2) is 18.2 Å². The third kappa shape index (κ3) is 5.10. The van der Waals surface area contributed by atoms with Gasteiger partial charge in [-0.15, -0.1) is 9.24 Å². The maximum atomic E-state index is 13.2. The first kappa shape index (κ1) is 16.5. The molecule has 1 aromatic rings. The first-order chi connectivity index (χ1) is 10.1. The summed E-state index contributed by atoms with van der Waals surface area (Å²) in [4.78, 5) is 14.1. The van der Waals surface area contributed by atoms with Crippen LogP contribution in [-0.4, -0.2) is 43.3 Å². The molecule has 1 aromatic carbocycles. The van der Waals surface area contributed by atoms with E-state index in [9.17, 15) is 9.18 Å². The molecule has 0 aromatic heterocycles. The van der Waals surface area contributed by atoms with Gasteiger partial charge in [-0.2, -0.15) is 0 Å². The molecule has 0 spiro atoms. The molecule has 2 N–H and O–H groups in total. The number of likely N-dealkylation sites (tertiary alicyclic amines) is 1. The van der Waals surface area contributed by atoms with Crippen LogP contribution < -0.4 is 10.6 Å². The minimum absolute atomic E-state index is 0.0740. The van der Waals surface area contributed by atoms with Crippen LogP contribution in [-0.2, 0) is 4.79 Å². The van der Waals surface area contributed by atoms with Gasteiger partial charge in [0.25, 0.3) is 0 Å². The number of nitrogens with zero attached hydrogens (tertiary/aromatic N) is 1. The van der Waals surface area contributed by atoms with Crippen molar-refractivity contribution < 1.29 is 9.18 Å². The van der Waals surface area contributed by atoms with E-state index in [0.29, 0.717) is 18.2 Å². The minimum atomic E-state index is -0.495. The van der Waals surface area contributed by atoms with Crippen LogP contribution in [0, 0.1) is 11.7 Å². The SMILES string of the molecule is O=C(CNc1ccc(Cl)c(F)c1)NCC1CCN(CP)C1. The van der Waals surface area contributed by atoms with Gasteiger partial charge in [-0.25, -0.2) is 4.39 Å². The van der Waals surface area contributed by atoms with E-state index in [1.165, 1.54) is 12.1 Å². The summed E-state index contributed by atoms with van der Waals surface area (Å²) < 4.78 is 13.2. The summed E-state index contributed by atoms with van der Waals surface area (Å²) in [5, 5.41) is 5.87. The van der Waals surface area contributed by atoms with Crippen molar-refractivity contribution in [3.8, 4) is 0 Å². The van der Waals surface area contributed by atoms with Crippen molar-refractivity contribution in [1.82, 2.24) is 10.2 Å². The molecule has 21 heavy (non-hydrogen) atoms. The number of hydrogen-bond donors (Lipinski definition) is 2. The highest BCUT2D eigenvalue weighted by Crippen LogP contribution is 2.18. The van der Waals surface area contributed by atoms with Gasteiger partial charge in [-0.05, 0) is 37.1 Å². The van der Waals surface area contributed by atoms with Gasteiger partial charge >= 0.3 is 0 Å². The Bertz CT molecular complexity index is 503. The number of carbonyl (C=O) groups is 1. The quantitative estimate of drug-likeness (QED) is 0.785. The predicted molar refractivity (Wildman–Crippen MR) is 87.2 cm³/mol. The van der Waals surface area contributed by atoms with Gasteiger partial charge in [0.05, 0.1) is 11.6 Å². The van der Waals surface area contributed by atoms with E-state index in [1.54, 1.807) is 6.07 Å². The molecule has 4 nitrogen and oxygen atoms in total. The number of amides is 1.